The number of anilines is 1. The van der Waals surface area contributed by atoms with E-state index >= 15 is 0 Å². The molecule has 0 radical (unpaired) electrons. The van der Waals surface area contributed by atoms with E-state index in [2.05, 4.69) is 9.97 Å². The van der Waals surface area contributed by atoms with Gasteiger partial charge in [0.2, 0.25) is 5.88 Å². The van der Waals surface area contributed by atoms with Crippen LogP contribution in [0.4, 0.5) is 5.82 Å². The predicted molar refractivity (Wildman–Crippen MR) is 73.1 cm³/mol. The van der Waals surface area contributed by atoms with Gasteiger partial charge in [-0.25, -0.2) is 9.97 Å². The van der Waals surface area contributed by atoms with Crippen LogP contribution in [0.3, 0.4) is 0 Å². The van der Waals surface area contributed by atoms with E-state index in [0.29, 0.717) is 17.6 Å². The van der Waals surface area contributed by atoms with Crippen molar-refractivity contribution in [2.75, 3.05) is 5.73 Å². The number of nitrogens with zero attached hydrogens (tertiary/aromatic N) is 2. The molecule has 0 unspecified atom stereocenters. The van der Waals surface area contributed by atoms with E-state index in [1.807, 2.05) is 0 Å². The standard InChI is InChI=1S/C14H13N3O3/c1-8-5-10(3-4-11(8)9(2)19)20-14-12(6-18)13(15)16-7-17-14/h3-7H,1-2H3,(H2,15,16,17). The molecule has 0 atom stereocenters. The quantitative estimate of drug-likeness (QED) is 0.676. The lowest BCUT2D eigenvalue weighted by molar-refractivity contribution is 0.101. The van der Waals surface area contributed by atoms with Crippen LogP contribution in [0.2, 0.25) is 0 Å². The van der Waals surface area contributed by atoms with Gasteiger partial charge in [0.05, 0.1) is 0 Å². The number of Topliss-reactive ketones (excluding diaryl/α,β-unsaturated/α-hetero) is 1. The molecule has 1 aromatic heterocycles. The minimum Gasteiger partial charge on any atom is -0.438 e. The number of hydrogen-bond donors (Lipinski definition) is 1. The zero-order valence-corrected chi connectivity index (χ0v) is 11.1. The highest BCUT2D eigenvalue weighted by Crippen LogP contribution is 2.26. The fourth-order valence-corrected chi connectivity index (χ4v) is 1.79. The number of hydrogen-bond acceptors (Lipinski definition) is 6. The largest absolute Gasteiger partial charge is 0.438 e. The molecule has 6 heteroatoms. The third-order valence-electron chi connectivity index (χ3n) is 2.79. The molecular weight excluding hydrogens is 258 g/mol. The van der Waals surface area contributed by atoms with Crippen molar-refractivity contribution in [3.05, 3.63) is 41.2 Å². The number of carbonyl (C=O) groups is 2. The Morgan fingerprint density at radius 2 is 2.10 bits per heavy atom. The summed E-state index contributed by atoms with van der Waals surface area (Å²) >= 11 is 0. The highest BCUT2D eigenvalue weighted by Gasteiger charge is 2.12. The van der Waals surface area contributed by atoms with Gasteiger partial charge < -0.3 is 10.5 Å². The maximum absolute atomic E-state index is 11.4. The molecule has 2 rings (SSSR count). The summed E-state index contributed by atoms with van der Waals surface area (Å²) in [5.41, 5.74) is 7.07. The van der Waals surface area contributed by atoms with E-state index in [1.165, 1.54) is 13.3 Å². The Kier molecular flexibility index (Phi) is 3.74. The zero-order chi connectivity index (χ0) is 14.7. The lowest BCUT2D eigenvalue weighted by Crippen LogP contribution is -2.02. The molecule has 0 aliphatic carbocycles. The highest BCUT2D eigenvalue weighted by molar-refractivity contribution is 5.95. The first-order valence-electron chi connectivity index (χ1n) is 5.88. The van der Waals surface area contributed by atoms with Gasteiger partial charge >= 0.3 is 0 Å². The van der Waals surface area contributed by atoms with E-state index in [-0.39, 0.29) is 23.0 Å². The van der Waals surface area contributed by atoms with Crippen LogP contribution in [0.25, 0.3) is 0 Å². The number of aldehydes is 1. The van der Waals surface area contributed by atoms with Gasteiger partial charge in [-0.2, -0.15) is 0 Å². The third kappa shape index (κ3) is 2.64. The second kappa shape index (κ2) is 5.48. The first-order valence-corrected chi connectivity index (χ1v) is 5.88. The van der Waals surface area contributed by atoms with Crippen molar-refractivity contribution >= 4 is 17.9 Å². The molecule has 2 aromatic rings. The summed E-state index contributed by atoms with van der Waals surface area (Å²) in [5, 5.41) is 0. The van der Waals surface area contributed by atoms with Crippen molar-refractivity contribution in [2.24, 2.45) is 0 Å². The van der Waals surface area contributed by atoms with Gasteiger partial charge in [0.25, 0.3) is 0 Å². The number of nitrogens with two attached hydrogens (primary N) is 1. The van der Waals surface area contributed by atoms with Crippen LogP contribution in [0.5, 0.6) is 11.6 Å². The number of aromatic nitrogens is 2. The molecular formula is C14H13N3O3. The molecule has 6 nitrogen and oxygen atoms in total. The van der Waals surface area contributed by atoms with E-state index < -0.39 is 0 Å². The highest BCUT2D eigenvalue weighted by atomic mass is 16.5. The van der Waals surface area contributed by atoms with Crippen LogP contribution in [-0.2, 0) is 0 Å². The van der Waals surface area contributed by atoms with Crippen molar-refractivity contribution < 1.29 is 14.3 Å². The van der Waals surface area contributed by atoms with Gasteiger partial charge in [-0.05, 0) is 37.6 Å². The number of rotatable bonds is 4. The molecule has 1 heterocycles. The molecule has 0 saturated carbocycles. The van der Waals surface area contributed by atoms with Gasteiger partial charge in [-0.15, -0.1) is 0 Å². The minimum atomic E-state index is -0.0195. The van der Waals surface area contributed by atoms with Crippen LogP contribution in [0.15, 0.2) is 24.5 Å². The first kappa shape index (κ1) is 13.7. The summed E-state index contributed by atoms with van der Waals surface area (Å²) in [7, 11) is 0. The second-order valence-corrected chi connectivity index (χ2v) is 4.23. The summed E-state index contributed by atoms with van der Waals surface area (Å²) in [6.45, 7) is 3.30. The Balaban J connectivity index is 2.36. The number of carbonyl (C=O) groups excluding carboxylic acids is 2. The number of aryl methyl sites for hydroxylation is 1. The fourth-order valence-electron chi connectivity index (χ4n) is 1.79. The third-order valence-corrected chi connectivity index (χ3v) is 2.79. The normalized spacial score (nSPS) is 10.1. The number of ether oxygens (including phenoxy) is 1. The summed E-state index contributed by atoms with van der Waals surface area (Å²) in [6.07, 6.45) is 1.76. The smallest absolute Gasteiger partial charge is 0.235 e. The molecule has 0 saturated heterocycles. The Bertz CT molecular complexity index is 683. The van der Waals surface area contributed by atoms with Crippen LogP contribution in [0, 0.1) is 6.92 Å². The summed E-state index contributed by atoms with van der Waals surface area (Å²) < 4.78 is 5.52. The maximum Gasteiger partial charge on any atom is 0.235 e. The van der Waals surface area contributed by atoms with Gasteiger partial charge in [0.1, 0.15) is 23.5 Å². The lowest BCUT2D eigenvalue weighted by Gasteiger charge is -2.09. The van der Waals surface area contributed by atoms with Crippen molar-refractivity contribution in [1.82, 2.24) is 9.97 Å². The second-order valence-electron chi connectivity index (χ2n) is 4.23. The first-order chi connectivity index (χ1) is 9.52. The number of ketones is 1. The zero-order valence-electron chi connectivity index (χ0n) is 11.1. The van der Waals surface area contributed by atoms with Crippen molar-refractivity contribution in [1.29, 1.82) is 0 Å². The Hall–Kier alpha value is -2.76. The summed E-state index contributed by atoms with van der Waals surface area (Å²) in [6, 6.07) is 5.00. The molecule has 1 aromatic carbocycles. The van der Waals surface area contributed by atoms with Crippen molar-refractivity contribution in [3.8, 4) is 11.6 Å². The van der Waals surface area contributed by atoms with Gasteiger partial charge in [0.15, 0.2) is 12.1 Å². The van der Waals surface area contributed by atoms with E-state index in [9.17, 15) is 9.59 Å². The molecule has 2 N–H and O–H groups in total. The minimum absolute atomic E-state index is 0.0195. The fraction of sp³-hybridized carbons (Fsp3) is 0.143. The Morgan fingerprint density at radius 1 is 1.35 bits per heavy atom. The van der Waals surface area contributed by atoms with Crippen LogP contribution >= 0.6 is 0 Å². The summed E-state index contributed by atoms with van der Waals surface area (Å²) in [5.74, 6) is 0.590. The predicted octanol–water partition coefficient (Wildman–Crippen LogP) is 2.17. The molecule has 102 valence electrons. The lowest BCUT2D eigenvalue weighted by atomic mass is 10.1. The molecule has 0 amide bonds. The van der Waals surface area contributed by atoms with Gasteiger partial charge in [-0.3, -0.25) is 9.59 Å². The average Bonchev–Trinajstić information content (AvgIpc) is 2.38. The van der Waals surface area contributed by atoms with E-state index in [1.54, 1.807) is 25.1 Å². The van der Waals surface area contributed by atoms with Crippen LogP contribution < -0.4 is 10.5 Å². The topological polar surface area (TPSA) is 95.2 Å². The van der Waals surface area contributed by atoms with Gasteiger partial charge in [-0.1, -0.05) is 0 Å². The molecule has 20 heavy (non-hydrogen) atoms. The molecule has 0 bridgehead atoms. The SMILES string of the molecule is CC(=O)c1ccc(Oc2ncnc(N)c2C=O)cc1C. The van der Waals surface area contributed by atoms with Crippen molar-refractivity contribution in [3.63, 3.8) is 0 Å². The van der Waals surface area contributed by atoms with E-state index in [4.69, 9.17) is 10.5 Å². The van der Waals surface area contributed by atoms with E-state index in [0.717, 1.165) is 5.56 Å². The van der Waals surface area contributed by atoms with Crippen LogP contribution in [0.1, 0.15) is 33.2 Å². The van der Waals surface area contributed by atoms with Crippen LogP contribution in [-0.4, -0.2) is 22.0 Å². The molecule has 0 spiro atoms. The molecule has 0 aliphatic heterocycles. The van der Waals surface area contributed by atoms with Gasteiger partial charge in [0, 0.05) is 5.56 Å². The number of nitrogen functional groups attached to an aromatic ring is 1. The molecule has 0 fully saturated rings. The molecule has 0 aliphatic rings. The van der Waals surface area contributed by atoms with Crippen molar-refractivity contribution in [2.45, 2.75) is 13.8 Å². The monoisotopic (exact) mass is 271 g/mol. The Labute approximate surface area is 115 Å². The Morgan fingerprint density at radius 3 is 2.70 bits per heavy atom. The number of benzene rings is 1. The maximum atomic E-state index is 11.4. The average molecular weight is 271 g/mol. The summed E-state index contributed by atoms with van der Waals surface area (Å²) in [4.78, 5) is 29.9.